The number of hydrogen-bond donors (Lipinski definition) is 1. The third-order valence-electron chi connectivity index (χ3n) is 3.86. The highest BCUT2D eigenvalue weighted by molar-refractivity contribution is 7.89. The van der Waals surface area contributed by atoms with E-state index in [1.54, 1.807) is 20.9 Å². The zero-order valence-corrected chi connectivity index (χ0v) is 12.6. The minimum absolute atomic E-state index is 0.135. The molecule has 1 N–H and O–H groups in total. The van der Waals surface area contributed by atoms with Gasteiger partial charge in [-0.3, -0.25) is 9.48 Å². The first-order valence-electron chi connectivity index (χ1n) is 6.50. The van der Waals surface area contributed by atoms with Crippen molar-refractivity contribution in [2.45, 2.75) is 37.8 Å². The molecule has 1 aromatic rings. The predicted octanol–water partition coefficient (Wildman–Crippen LogP) is 0.602. The molecule has 8 heteroatoms. The van der Waals surface area contributed by atoms with Crippen LogP contribution < -0.4 is 0 Å². The van der Waals surface area contributed by atoms with Crippen molar-refractivity contribution in [1.82, 2.24) is 14.1 Å². The van der Waals surface area contributed by atoms with Gasteiger partial charge in [-0.15, -0.1) is 0 Å². The molecule has 0 saturated carbocycles. The molecule has 0 amide bonds. The molecule has 2 heterocycles. The van der Waals surface area contributed by atoms with Crippen molar-refractivity contribution in [1.29, 1.82) is 0 Å². The molecule has 1 saturated heterocycles. The number of aliphatic carboxylic acids is 1. The zero-order chi connectivity index (χ0) is 15.1. The van der Waals surface area contributed by atoms with Gasteiger partial charge in [0.25, 0.3) is 10.0 Å². The monoisotopic (exact) mass is 301 g/mol. The lowest BCUT2D eigenvalue weighted by atomic mass is 9.92. The van der Waals surface area contributed by atoms with E-state index in [0.717, 1.165) is 0 Å². The summed E-state index contributed by atoms with van der Waals surface area (Å²) in [5, 5.41) is 13.3. The van der Waals surface area contributed by atoms with Crippen LogP contribution in [-0.2, 0) is 21.9 Å². The Morgan fingerprint density at radius 2 is 2.15 bits per heavy atom. The van der Waals surface area contributed by atoms with E-state index in [4.69, 9.17) is 0 Å². The zero-order valence-electron chi connectivity index (χ0n) is 11.8. The van der Waals surface area contributed by atoms with Gasteiger partial charge < -0.3 is 5.11 Å². The molecule has 7 nitrogen and oxygen atoms in total. The molecular weight excluding hydrogens is 282 g/mol. The predicted molar refractivity (Wildman–Crippen MR) is 71.7 cm³/mol. The fourth-order valence-corrected chi connectivity index (χ4v) is 4.82. The third kappa shape index (κ3) is 2.33. The van der Waals surface area contributed by atoms with Crippen LogP contribution in [0.1, 0.15) is 25.3 Å². The molecule has 0 radical (unpaired) electrons. The summed E-state index contributed by atoms with van der Waals surface area (Å²) in [6, 6.07) is -0.555. The van der Waals surface area contributed by atoms with Crippen LogP contribution in [0.4, 0.5) is 0 Å². The SMILES string of the molecule is Cc1cnn(C)c1S(=O)(=O)N1CCC[C@@H](C(=O)O)[C@H]1C. The van der Waals surface area contributed by atoms with Crippen LogP contribution in [0.25, 0.3) is 0 Å². The first-order chi connectivity index (χ1) is 9.26. The molecule has 0 aromatic carbocycles. The van der Waals surface area contributed by atoms with Gasteiger partial charge in [0.2, 0.25) is 0 Å². The second-order valence-electron chi connectivity index (χ2n) is 5.20. The molecule has 2 atom stereocenters. The summed E-state index contributed by atoms with van der Waals surface area (Å²) in [6.07, 6.45) is 2.56. The van der Waals surface area contributed by atoms with Crippen LogP contribution >= 0.6 is 0 Å². The first kappa shape index (κ1) is 15.0. The van der Waals surface area contributed by atoms with Crippen molar-refractivity contribution in [3.8, 4) is 0 Å². The number of hydrogen-bond acceptors (Lipinski definition) is 4. The average molecular weight is 301 g/mol. The van der Waals surface area contributed by atoms with Gasteiger partial charge in [0.1, 0.15) is 0 Å². The van der Waals surface area contributed by atoms with Crippen LogP contribution in [-0.4, -0.2) is 46.2 Å². The molecule has 1 aliphatic heterocycles. The van der Waals surface area contributed by atoms with Gasteiger partial charge in [-0.1, -0.05) is 0 Å². The summed E-state index contributed by atoms with van der Waals surface area (Å²) in [6.45, 7) is 3.68. The number of carboxylic acids is 1. The van der Waals surface area contributed by atoms with Gasteiger partial charge >= 0.3 is 5.97 Å². The second kappa shape index (κ2) is 5.17. The molecule has 112 valence electrons. The number of carboxylic acid groups (broad SMARTS) is 1. The fraction of sp³-hybridized carbons (Fsp3) is 0.667. The molecular formula is C12H19N3O4S. The minimum atomic E-state index is -3.73. The standard InChI is InChI=1S/C12H19N3O4S/c1-8-7-13-14(3)11(8)20(18,19)15-6-4-5-10(9(15)2)12(16)17/h7,9-10H,4-6H2,1-3H3,(H,16,17)/t9-,10-/m1/s1. The van der Waals surface area contributed by atoms with Gasteiger partial charge in [0.05, 0.1) is 12.1 Å². The van der Waals surface area contributed by atoms with Gasteiger partial charge in [0.15, 0.2) is 5.03 Å². The number of aromatic nitrogens is 2. The Bertz CT molecular complexity index is 603. The summed E-state index contributed by atoms with van der Waals surface area (Å²) in [5.74, 6) is -1.61. The maximum absolute atomic E-state index is 12.7. The van der Waals surface area contributed by atoms with Gasteiger partial charge in [0, 0.05) is 25.2 Å². The van der Waals surface area contributed by atoms with Crippen LogP contribution in [0.15, 0.2) is 11.2 Å². The quantitative estimate of drug-likeness (QED) is 0.882. The van der Waals surface area contributed by atoms with Crippen LogP contribution in [0.5, 0.6) is 0 Å². The lowest BCUT2D eigenvalue weighted by Crippen LogP contribution is -2.49. The highest BCUT2D eigenvalue weighted by Gasteiger charge is 2.41. The van der Waals surface area contributed by atoms with Crippen molar-refractivity contribution in [3.63, 3.8) is 0 Å². The summed E-state index contributed by atoms with van der Waals surface area (Å²) < 4.78 is 28.1. The van der Waals surface area contributed by atoms with Crippen molar-refractivity contribution in [2.75, 3.05) is 6.54 Å². The minimum Gasteiger partial charge on any atom is -0.481 e. The Labute approximate surface area is 118 Å². The average Bonchev–Trinajstić information content (AvgIpc) is 2.69. The molecule has 0 spiro atoms. The van der Waals surface area contributed by atoms with Gasteiger partial charge in [-0.2, -0.15) is 9.40 Å². The van der Waals surface area contributed by atoms with Crippen molar-refractivity contribution in [3.05, 3.63) is 11.8 Å². The normalized spacial score (nSPS) is 24.8. The summed E-state index contributed by atoms with van der Waals surface area (Å²) >= 11 is 0. The van der Waals surface area contributed by atoms with E-state index in [1.165, 1.54) is 15.2 Å². The highest BCUT2D eigenvalue weighted by Crippen LogP contribution is 2.30. The van der Waals surface area contributed by atoms with Crippen molar-refractivity contribution in [2.24, 2.45) is 13.0 Å². The van der Waals surface area contributed by atoms with E-state index < -0.39 is 28.0 Å². The largest absolute Gasteiger partial charge is 0.481 e. The molecule has 1 aromatic heterocycles. The van der Waals surface area contributed by atoms with Crippen molar-refractivity contribution >= 4 is 16.0 Å². The van der Waals surface area contributed by atoms with E-state index in [9.17, 15) is 18.3 Å². The summed E-state index contributed by atoms with van der Waals surface area (Å²) in [4.78, 5) is 11.2. The van der Waals surface area contributed by atoms with Crippen LogP contribution in [0.3, 0.4) is 0 Å². The lowest BCUT2D eigenvalue weighted by Gasteiger charge is -2.36. The molecule has 0 bridgehead atoms. The van der Waals surface area contributed by atoms with Gasteiger partial charge in [-0.05, 0) is 26.7 Å². The van der Waals surface area contributed by atoms with E-state index >= 15 is 0 Å². The Balaban J connectivity index is 2.42. The molecule has 20 heavy (non-hydrogen) atoms. The molecule has 0 aliphatic carbocycles. The number of sulfonamides is 1. The Morgan fingerprint density at radius 1 is 1.50 bits per heavy atom. The third-order valence-corrected chi connectivity index (χ3v) is 6.06. The van der Waals surface area contributed by atoms with Gasteiger partial charge in [-0.25, -0.2) is 8.42 Å². The first-order valence-corrected chi connectivity index (χ1v) is 7.94. The maximum atomic E-state index is 12.7. The molecule has 1 fully saturated rings. The fourth-order valence-electron chi connectivity index (χ4n) is 2.80. The van der Waals surface area contributed by atoms with E-state index in [-0.39, 0.29) is 5.03 Å². The second-order valence-corrected chi connectivity index (χ2v) is 7.01. The highest BCUT2D eigenvalue weighted by atomic mass is 32.2. The Morgan fingerprint density at radius 3 is 2.65 bits per heavy atom. The number of nitrogens with zero attached hydrogens (tertiary/aromatic N) is 3. The van der Waals surface area contributed by atoms with Crippen LogP contribution in [0.2, 0.25) is 0 Å². The van der Waals surface area contributed by atoms with E-state index in [2.05, 4.69) is 5.10 Å². The van der Waals surface area contributed by atoms with Crippen molar-refractivity contribution < 1.29 is 18.3 Å². The smallest absolute Gasteiger partial charge is 0.308 e. The number of aryl methyl sites for hydroxylation is 2. The van der Waals surface area contributed by atoms with E-state index in [0.29, 0.717) is 24.9 Å². The summed E-state index contributed by atoms with van der Waals surface area (Å²) in [5.41, 5.74) is 0.567. The van der Waals surface area contributed by atoms with Crippen LogP contribution in [0, 0.1) is 12.8 Å². The lowest BCUT2D eigenvalue weighted by molar-refractivity contribution is -0.144. The molecule has 2 rings (SSSR count). The molecule has 1 aliphatic rings. The topological polar surface area (TPSA) is 92.5 Å². The number of rotatable bonds is 3. The Kier molecular flexibility index (Phi) is 3.88. The maximum Gasteiger partial charge on any atom is 0.308 e. The number of piperidine rings is 1. The number of carbonyl (C=O) groups is 1. The summed E-state index contributed by atoms with van der Waals surface area (Å²) in [7, 11) is -2.15. The molecule has 0 unspecified atom stereocenters. The Hall–Kier alpha value is -1.41. The van der Waals surface area contributed by atoms with E-state index in [1.807, 2.05) is 0 Å².